The molecule has 0 rings (SSSR count). The van der Waals surface area contributed by atoms with E-state index in [1.807, 2.05) is 0 Å². The quantitative estimate of drug-likeness (QED) is 0.536. The van der Waals surface area contributed by atoms with Crippen LogP contribution < -0.4 is 0 Å². The van der Waals surface area contributed by atoms with Crippen molar-refractivity contribution in [1.82, 2.24) is 0 Å². The summed E-state index contributed by atoms with van der Waals surface area (Å²) in [5.74, 6) is 0.751. The van der Waals surface area contributed by atoms with Crippen molar-refractivity contribution in [3.8, 4) is 6.07 Å². The van der Waals surface area contributed by atoms with E-state index < -0.39 is 0 Å². The van der Waals surface area contributed by atoms with Crippen LogP contribution in [0.3, 0.4) is 0 Å². The fraction of sp³-hybridized carbons (Fsp3) is 0.900. The van der Waals surface area contributed by atoms with Gasteiger partial charge in [-0.15, -0.1) is 0 Å². The van der Waals surface area contributed by atoms with Crippen molar-refractivity contribution in [2.75, 3.05) is 0 Å². The van der Waals surface area contributed by atoms with Crippen molar-refractivity contribution in [3.05, 3.63) is 0 Å². The SMILES string of the molecule is CCCCC[C@H](C)CCC#N. The zero-order valence-corrected chi connectivity index (χ0v) is 7.77. The molecule has 0 aromatic rings. The molecule has 0 aliphatic rings. The summed E-state index contributed by atoms with van der Waals surface area (Å²) < 4.78 is 0. The van der Waals surface area contributed by atoms with Crippen LogP contribution in [-0.4, -0.2) is 0 Å². The third-order valence-electron chi connectivity index (χ3n) is 2.05. The van der Waals surface area contributed by atoms with Crippen molar-refractivity contribution >= 4 is 0 Å². The van der Waals surface area contributed by atoms with Gasteiger partial charge in [0, 0.05) is 6.42 Å². The molecule has 0 heterocycles. The topological polar surface area (TPSA) is 23.8 Å². The molecule has 1 nitrogen and oxygen atoms in total. The van der Waals surface area contributed by atoms with E-state index >= 15 is 0 Å². The molecule has 0 aromatic carbocycles. The molecule has 0 aliphatic heterocycles. The summed E-state index contributed by atoms with van der Waals surface area (Å²) in [7, 11) is 0. The van der Waals surface area contributed by atoms with Crippen LogP contribution in [0.5, 0.6) is 0 Å². The van der Waals surface area contributed by atoms with E-state index in [2.05, 4.69) is 19.9 Å². The first-order valence-electron chi connectivity index (χ1n) is 4.68. The van der Waals surface area contributed by atoms with Gasteiger partial charge in [0.25, 0.3) is 0 Å². The predicted octanol–water partition coefficient (Wildman–Crippen LogP) is 3.51. The molecular formula is C10H19N. The number of hydrogen-bond donors (Lipinski definition) is 0. The summed E-state index contributed by atoms with van der Waals surface area (Å²) in [4.78, 5) is 0. The Morgan fingerprint density at radius 1 is 1.27 bits per heavy atom. The number of nitriles is 1. The molecule has 0 radical (unpaired) electrons. The van der Waals surface area contributed by atoms with Gasteiger partial charge >= 0.3 is 0 Å². The van der Waals surface area contributed by atoms with E-state index in [4.69, 9.17) is 5.26 Å². The Labute approximate surface area is 70.4 Å². The molecule has 0 saturated heterocycles. The first-order chi connectivity index (χ1) is 5.31. The Morgan fingerprint density at radius 2 is 2.00 bits per heavy atom. The standard InChI is InChI=1S/C10H19N/c1-3-4-5-7-10(2)8-6-9-11/h10H,3-8H2,1-2H3/t10-/m0/s1. The Hall–Kier alpha value is -0.510. The van der Waals surface area contributed by atoms with E-state index in [1.54, 1.807) is 0 Å². The molecule has 0 aliphatic carbocycles. The Balaban J connectivity index is 3.10. The highest BCUT2D eigenvalue weighted by molar-refractivity contribution is 4.70. The van der Waals surface area contributed by atoms with Gasteiger partial charge in [-0.25, -0.2) is 0 Å². The summed E-state index contributed by atoms with van der Waals surface area (Å²) in [6.45, 7) is 4.47. The molecule has 0 bridgehead atoms. The lowest BCUT2D eigenvalue weighted by atomic mass is 9.99. The van der Waals surface area contributed by atoms with Crippen molar-refractivity contribution < 1.29 is 0 Å². The van der Waals surface area contributed by atoms with Crippen molar-refractivity contribution in [2.45, 2.75) is 52.4 Å². The molecule has 11 heavy (non-hydrogen) atoms. The smallest absolute Gasteiger partial charge is 0.0621 e. The highest BCUT2D eigenvalue weighted by Crippen LogP contribution is 2.13. The minimum Gasteiger partial charge on any atom is -0.198 e. The van der Waals surface area contributed by atoms with E-state index in [1.165, 1.54) is 25.7 Å². The van der Waals surface area contributed by atoms with Crippen molar-refractivity contribution in [2.24, 2.45) is 5.92 Å². The molecule has 0 aromatic heterocycles. The third kappa shape index (κ3) is 7.39. The third-order valence-corrected chi connectivity index (χ3v) is 2.05. The molecule has 0 amide bonds. The molecular weight excluding hydrogens is 134 g/mol. The lowest BCUT2D eigenvalue weighted by Gasteiger charge is -2.07. The largest absolute Gasteiger partial charge is 0.198 e. The normalized spacial score (nSPS) is 12.5. The summed E-state index contributed by atoms with van der Waals surface area (Å²) in [5.41, 5.74) is 0. The number of rotatable bonds is 6. The van der Waals surface area contributed by atoms with Gasteiger partial charge in [-0.1, -0.05) is 39.5 Å². The molecule has 0 saturated carbocycles. The second-order valence-electron chi connectivity index (χ2n) is 3.30. The second kappa shape index (κ2) is 7.60. The van der Waals surface area contributed by atoms with Crippen molar-refractivity contribution in [1.29, 1.82) is 5.26 Å². The molecule has 0 unspecified atom stereocenters. The predicted molar refractivity (Wildman–Crippen MR) is 48.2 cm³/mol. The molecule has 1 atom stereocenters. The zero-order chi connectivity index (χ0) is 8.53. The van der Waals surface area contributed by atoms with Gasteiger partial charge in [-0.2, -0.15) is 5.26 Å². The Bertz CT molecular complexity index is 113. The van der Waals surface area contributed by atoms with Gasteiger partial charge in [0.2, 0.25) is 0 Å². The average Bonchev–Trinajstić information content (AvgIpc) is 2.01. The first kappa shape index (κ1) is 10.5. The average molecular weight is 153 g/mol. The van der Waals surface area contributed by atoms with Crippen LogP contribution in [-0.2, 0) is 0 Å². The number of nitrogens with zero attached hydrogens (tertiary/aromatic N) is 1. The fourth-order valence-electron chi connectivity index (χ4n) is 1.20. The van der Waals surface area contributed by atoms with Crippen LogP contribution in [0.25, 0.3) is 0 Å². The van der Waals surface area contributed by atoms with Gasteiger partial charge in [0.05, 0.1) is 6.07 Å². The summed E-state index contributed by atoms with van der Waals surface area (Å²) >= 11 is 0. The van der Waals surface area contributed by atoms with Crippen LogP contribution in [0.15, 0.2) is 0 Å². The van der Waals surface area contributed by atoms with Gasteiger partial charge in [-0.3, -0.25) is 0 Å². The highest BCUT2D eigenvalue weighted by Gasteiger charge is 1.99. The Kier molecular flexibility index (Phi) is 7.24. The van der Waals surface area contributed by atoms with E-state index in [9.17, 15) is 0 Å². The highest BCUT2D eigenvalue weighted by atomic mass is 14.2. The van der Waals surface area contributed by atoms with Crippen LogP contribution in [0.2, 0.25) is 0 Å². The minimum absolute atomic E-state index is 0.729. The lowest BCUT2D eigenvalue weighted by molar-refractivity contribution is 0.469. The summed E-state index contributed by atoms with van der Waals surface area (Å²) in [6.07, 6.45) is 7.09. The maximum Gasteiger partial charge on any atom is 0.0621 e. The first-order valence-corrected chi connectivity index (χ1v) is 4.68. The molecule has 0 spiro atoms. The molecule has 0 fully saturated rings. The fourth-order valence-corrected chi connectivity index (χ4v) is 1.20. The lowest BCUT2D eigenvalue weighted by Crippen LogP contribution is -1.93. The van der Waals surface area contributed by atoms with Gasteiger partial charge in [0.15, 0.2) is 0 Å². The number of hydrogen-bond acceptors (Lipinski definition) is 1. The summed E-state index contributed by atoms with van der Waals surface area (Å²) in [6, 6.07) is 2.19. The summed E-state index contributed by atoms with van der Waals surface area (Å²) in [5, 5.41) is 8.34. The van der Waals surface area contributed by atoms with Crippen LogP contribution in [0, 0.1) is 17.2 Å². The zero-order valence-electron chi connectivity index (χ0n) is 7.77. The van der Waals surface area contributed by atoms with E-state index in [0.29, 0.717) is 0 Å². The maximum absolute atomic E-state index is 8.34. The van der Waals surface area contributed by atoms with E-state index in [-0.39, 0.29) is 0 Å². The van der Waals surface area contributed by atoms with Crippen LogP contribution in [0.4, 0.5) is 0 Å². The van der Waals surface area contributed by atoms with Gasteiger partial charge < -0.3 is 0 Å². The molecule has 0 N–H and O–H groups in total. The maximum atomic E-state index is 8.34. The van der Waals surface area contributed by atoms with E-state index in [0.717, 1.165) is 18.8 Å². The van der Waals surface area contributed by atoms with Gasteiger partial charge in [-0.05, 0) is 12.3 Å². The monoisotopic (exact) mass is 153 g/mol. The minimum atomic E-state index is 0.729. The van der Waals surface area contributed by atoms with Crippen molar-refractivity contribution in [3.63, 3.8) is 0 Å². The number of unbranched alkanes of at least 4 members (excludes halogenated alkanes) is 2. The van der Waals surface area contributed by atoms with Crippen LogP contribution >= 0.6 is 0 Å². The molecule has 64 valence electrons. The van der Waals surface area contributed by atoms with Crippen LogP contribution in [0.1, 0.15) is 52.4 Å². The molecule has 1 heteroatoms. The second-order valence-corrected chi connectivity index (χ2v) is 3.30. The Morgan fingerprint density at radius 3 is 2.55 bits per heavy atom. The van der Waals surface area contributed by atoms with Gasteiger partial charge in [0.1, 0.15) is 0 Å².